The lowest BCUT2D eigenvalue weighted by molar-refractivity contribution is -0.385. The number of phenols is 1. The summed E-state index contributed by atoms with van der Waals surface area (Å²) >= 11 is 0. The van der Waals surface area contributed by atoms with E-state index in [1.165, 1.54) is 12.1 Å². The predicted octanol–water partition coefficient (Wildman–Crippen LogP) is 3.26. The normalized spacial score (nSPS) is 11.0. The van der Waals surface area contributed by atoms with Gasteiger partial charge in [-0.1, -0.05) is 26.0 Å². The van der Waals surface area contributed by atoms with Crippen LogP contribution in [-0.4, -0.2) is 28.8 Å². The van der Waals surface area contributed by atoms with Crippen molar-refractivity contribution in [3.63, 3.8) is 0 Å². The van der Waals surface area contributed by atoms with Crippen LogP contribution >= 0.6 is 0 Å². The molecule has 0 bridgehead atoms. The lowest BCUT2D eigenvalue weighted by Crippen LogP contribution is -2.25. The van der Waals surface area contributed by atoms with Gasteiger partial charge in [0, 0.05) is 6.07 Å². The molecule has 2 rings (SSSR count). The fraction of sp³-hybridized carbons (Fsp3) is 0.263. The van der Waals surface area contributed by atoms with Crippen molar-refractivity contribution >= 4 is 17.8 Å². The van der Waals surface area contributed by atoms with Crippen LogP contribution in [0.4, 0.5) is 5.69 Å². The minimum absolute atomic E-state index is 0.0713. The molecule has 1 amide bonds. The van der Waals surface area contributed by atoms with E-state index in [0.29, 0.717) is 5.75 Å². The third-order valence-electron chi connectivity index (χ3n) is 3.75. The number of phenolic OH excluding ortho intramolecular Hbond substituents is 1. The van der Waals surface area contributed by atoms with Gasteiger partial charge in [0.1, 0.15) is 11.5 Å². The molecule has 0 aliphatic rings. The molecule has 8 nitrogen and oxygen atoms in total. The molecule has 0 spiro atoms. The number of nitrogens with one attached hydrogen (secondary N) is 1. The summed E-state index contributed by atoms with van der Waals surface area (Å²) < 4.78 is 5.59. The van der Waals surface area contributed by atoms with Crippen molar-refractivity contribution in [2.24, 2.45) is 5.10 Å². The number of hydrogen-bond donors (Lipinski definition) is 2. The Balaban J connectivity index is 2.00. The van der Waals surface area contributed by atoms with Crippen LogP contribution in [0.15, 0.2) is 41.5 Å². The minimum atomic E-state index is -0.600. The molecule has 0 unspecified atom stereocenters. The molecule has 142 valence electrons. The fourth-order valence-corrected chi connectivity index (χ4v) is 2.40. The molecule has 0 saturated carbocycles. The quantitative estimate of drug-likeness (QED) is 0.440. The highest BCUT2D eigenvalue weighted by Crippen LogP contribution is 2.27. The molecule has 0 heterocycles. The summed E-state index contributed by atoms with van der Waals surface area (Å²) in [7, 11) is 0. The second-order valence-corrected chi connectivity index (χ2v) is 6.28. The minimum Gasteiger partial charge on any atom is -0.508 e. The second-order valence-electron chi connectivity index (χ2n) is 6.28. The van der Waals surface area contributed by atoms with Gasteiger partial charge in [0.2, 0.25) is 0 Å². The first kappa shape index (κ1) is 19.9. The van der Waals surface area contributed by atoms with Crippen LogP contribution in [0, 0.1) is 17.0 Å². The summed E-state index contributed by atoms with van der Waals surface area (Å²) in [6.07, 6.45) is 1.10. The van der Waals surface area contributed by atoms with Gasteiger partial charge in [-0.3, -0.25) is 14.9 Å². The van der Waals surface area contributed by atoms with Crippen molar-refractivity contribution in [3.05, 3.63) is 63.2 Å². The monoisotopic (exact) mass is 371 g/mol. The molecule has 2 N–H and O–H groups in total. The average Bonchev–Trinajstić information content (AvgIpc) is 2.59. The number of carbonyl (C=O) groups is 1. The van der Waals surface area contributed by atoms with E-state index in [9.17, 15) is 20.0 Å². The Morgan fingerprint density at radius 3 is 2.74 bits per heavy atom. The first-order valence-electron chi connectivity index (χ1n) is 8.30. The first-order chi connectivity index (χ1) is 12.8. The lowest BCUT2D eigenvalue weighted by atomic mass is 10.0. The maximum Gasteiger partial charge on any atom is 0.278 e. The summed E-state index contributed by atoms with van der Waals surface area (Å²) in [6.45, 7) is 5.75. The third kappa shape index (κ3) is 5.53. The number of aryl methyl sites for hydroxylation is 1. The summed E-state index contributed by atoms with van der Waals surface area (Å²) in [5, 5.41) is 24.1. The van der Waals surface area contributed by atoms with Crippen molar-refractivity contribution in [1.82, 2.24) is 5.43 Å². The SMILES string of the molecule is Cc1ccc(C(C)C)c(OCC(=O)N/N=C/c2cc(O)ccc2[N+](=O)[O-])c1. The predicted molar refractivity (Wildman–Crippen MR) is 101 cm³/mol. The van der Waals surface area contributed by atoms with Crippen molar-refractivity contribution in [2.45, 2.75) is 26.7 Å². The molecule has 0 atom stereocenters. The number of ether oxygens (including phenoxy) is 1. The molecular formula is C19H21N3O5. The number of nitrogens with zero attached hydrogens (tertiary/aromatic N) is 2. The van der Waals surface area contributed by atoms with E-state index in [2.05, 4.69) is 10.5 Å². The van der Waals surface area contributed by atoms with Gasteiger partial charge in [-0.25, -0.2) is 5.43 Å². The zero-order chi connectivity index (χ0) is 20.0. The number of hydrogen-bond acceptors (Lipinski definition) is 6. The van der Waals surface area contributed by atoms with E-state index >= 15 is 0 Å². The number of hydrazone groups is 1. The zero-order valence-corrected chi connectivity index (χ0v) is 15.3. The summed E-state index contributed by atoms with van der Waals surface area (Å²) in [6, 6.07) is 9.36. The maximum atomic E-state index is 11.9. The molecule has 0 aliphatic carbocycles. The van der Waals surface area contributed by atoms with Gasteiger partial charge in [-0.15, -0.1) is 0 Å². The number of aromatic hydroxyl groups is 1. The number of nitro groups is 1. The lowest BCUT2D eigenvalue weighted by Gasteiger charge is -2.14. The van der Waals surface area contributed by atoms with Crippen molar-refractivity contribution < 1.29 is 19.6 Å². The van der Waals surface area contributed by atoms with Gasteiger partial charge in [0.05, 0.1) is 16.7 Å². The highest BCUT2D eigenvalue weighted by molar-refractivity contribution is 5.87. The van der Waals surface area contributed by atoms with Crippen molar-refractivity contribution in [1.29, 1.82) is 0 Å². The number of carbonyl (C=O) groups excluding carboxylic acids is 1. The molecule has 8 heteroatoms. The standard InChI is InChI=1S/C19H21N3O5/c1-12(2)16-6-4-13(3)8-18(16)27-11-19(24)21-20-10-14-9-15(23)5-7-17(14)22(25)26/h4-10,12,23H,11H2,1-3H3,(H,21,24)/b20-10+. The molecule has 2 aromatic rings. The topological polar surface area (TPSA) is 114 Å². The van der Waals surface area contributed by atoms with Gasteiger partial charge < -0.3 is 9.84 Å². The number of amides is 1. The van der Waals surface area contributed by atoms with Crippen LogP contribution in [0.2, 0.25) is 0 Å². The molecule has 0 aliphatic heterocycles. The summed E-state index contributed by atoms with van der Waals surface area (Å²) in [5.74, 6) is 0.225. The van der Waals surface area contributed by atoms with Gasteiger partial charge in [-0.05, 0) is 42.2 Å². The first-order valence-corrected chi connectivity index (χ1v) is 8.30. The molecule has 0 aromatic heterocycles. The second kappa shape index (κ2) is 8.79. The number of benzene rings is 2. The Morgan fingerprint density at radius 2 is 2.07 bits per heavy atom. The van der Waals surface area contributed by atoms with E-state index < -0.39 is 10.8 Å². The largest absolute Gasteiger partial charge is 0.508 e. The van der Waals surface area contributed by atoms with Crippen molar-refractivity contribution in [3.8, 4) is 11.5 Å². The third-order valence-corrected chi connectivity index (χ3v) is 3.75. The molecule has 0 saturated heterocycles. The van der Waals surface area contributed by atoms with Crippen LogP contribution in [0.5, 0.6) is 11.5 Å². The van der Waals surface area contributed by atoms with E-state index in [4.69, 9.17) is 4.74 Å². The van der Waals surface area contributed by atoms with Gasteiger partial charge >= 0.3 is 0 Å². The Morgan fingerprint density at radius 1 is 1.33 bits per heavy atom. The van der Waals surface area contributed by atoms with E-state index in [0.717, 1.165) is 23.4 Å². The van der Waals surface area contributed by atoms with E-state index in [-0.39, 0.29) is 29.5 Å². The molecular weight excluding hydrogens is 350 g/mol. The highest BCUT2D eigenvalue weighted by Gasteiger charge is 2.13. The fourth-order valence-electron chi connectivity index (χ4n) is 2.40. The average molecular weight is 371 g/mol. The van der Waals surface area contributed by atoms with Gasteiger partial charge in [0.25, 0.3) is 11.6 Å². The van der Waals surface area contributed by atoms with Crippen LogP contribution in [0.1, 0.15) is 36.5 Å². The van der Waals surface area contributed by atoms with E-state index in [1.807, 2.05) is 39.0 Å². The Kier molecular flexibility index (Phi) is 6.48. The Hall–Kier alpha value is -3.42. The van der Waals surface area contributed by atoms with Crippen LogP contribution in [-0.2, 0) is 4.79 Å². The summed E-state index contributed by atoms with van der Waals surface area (Å²) in [5.41, 5.74) is 4.10. The van der Waals surface area contributed by atoms with Crippen LogP contribution in [0.25, 0.3) is 0 Å². The Bertz CT molecular complexity index is 878. The highest BCUT2D eigenvalue weighted by atomic mass is 16.6. The smallest absolute Gasteiger partial charge is 0.278 e. The molecule has 27 heavy (non-hydrogen) atoms. The maximum absolute atomic E-state index is 11.9. The van der Waals surface area contributed by atoms with Gasteiger partial charge in [-0.2, -0.15) is 5.10 Å². The number of rotatable bonds is 7. The van der Waals surface area contributed by atoms with Gasteiger partial charge in [0.15, 0.2) is 6.61 Å². The molecule has 2 aromatic carbocycles. The zero-order valence-electron chi connectivity index (χ0n) is 15.3. The Labute approximate surface area is 156 Å². The van der Waals surface area contributed by atoms with E-state index in [1.54, 1.807) is 0 Å². The number of nitro benzene ring substituents is 1. The van der Waals surface area contributed by atoms with Crippen LogP contribution in [0.3, 0.4) is 0 Å². The van der Waals surface area contributed by atoms with Crippen molar-refractivity contribution in [2.75, 3.05) is 6.61 Å². The summed E-state index contributed by atoms with van der Waals surface area (Å²) in [4.78, 5) is 22.3. The van der Waals surface area contributed by atoms with Crippen LogP contribution < -0.4 is 10.2 Å². The molecule has 0 radical (unpaired) electrons. The molecule has 0 fully saturated rings.